The Bertz CT molecular complexity index is 488. The quantitative estimate of drug-likeness (QED) is 0.787. The standard InChI is InChI=1S/C11H10N2OS/c1-7-2-4-8(5-3-7)10(14)9-6-15-11(12)13-9/h2-6H,1H3,(H2,12,13). The summed E-state index contributed by atoms with van der Waals surface area (Å²) in [4.78, 5) is 15.8. The number of aryl methyl sites for hydroxylation is 1. The molecule has 0 spiro atoms. The third-order valence-corrected chi connectivity index (χ3v) is 2.74. The van der Waals surface area contributed by atoms with Gasteiger partial charge in [-0.2, -0.15) is 0 Å². The number of aromatic nitrogens is 1. The van der Waals surface area contributed by atoms with Crippen molar-refractivity contribution in [1.82, 2.24) is 4.98 Å². The molecule has 0 bridgehead atoms. The van der Waals surface area contributed by atoms with Crippen LogP contribution in [0.15, 0.2) is 29.6 Å². The molecule has 2 aromatic rings. The highest BCUT2D eigenvalue weighted by Crippen LogP contribution is 2.15. The Morgan fingerprint density at radius 3 is 2.53 bits per heavy atom. The van der Waals surface area contributed by atoms with Crippen LogP contribution >= 0.6 is 11.3 Å². The van der Waals surface area contributed by atoms with Gasteiger partial charge in [0.1, 0.15) is 5.69 Å². The molecule has 0 aliphatic carbocycles. The summed E-state index contributed by atoms with van der Waals surface area (Å²) >= 11 is 1.28. The van der Waals surface area contributed by atoms with Gasteiger partial charge in [0.15, 0.2) is 5.13 Å². The first-order valence-corrected chi connectivity index (χ1v) is 5.37. The van der Waals surface area contributed by atoms with Crippen LogP contribution in [0.25, 0.3) is 0 Å². The van der Waals surface area contributed by atoms with E-state index in [-0.39, 0.29) is 5.78 Å². The summed E-state index contributed by atoms with van der Waals surface area (Å²) in [6.07, 6.45) is 0. The van der Waals surface area contributed by atoms with Gasteiger partial charge in [-0.3, -0.25) is 4.79 Å². The van der Waals surface area contributed by atoms with Crippen molar-refractivity contribution in [2.45, 2.75) is 6.92 Å². The van der Waals surface area contributed by atoms with Gasteiger partial charge in [0.05, 0.1) is 0 Å². The number of carbonyl (C=O) groups is 1. The molecule has 3 nitrogen and oxygen atoms in total. The van der Waals surface area contributed by atoms with E-state index in [1.807, 2.05) is 19.1 Å². The fraction of sp³-hybridized carbons (Fsp3) is 0.0909. The minimum atomic E-state index is -0.0806. The van der Waals surface area contributed by atoms with Gasteiger partial charge >= 0.3 is 0 Å². The number of rotatable bonds is 2. The van der Waals surface area contributed by atoms with E-state index >= 15 is 0 Å². The summed E-state index contributed by atoms with van der Waals surface area (Å²) in [7, 11) is 0. The molecule has 76 valence electrons. The maximum atomic E-state index is 11.9. The lowest BCUT2D eigenvalue weighted by Gasteiger charge is -1.97. The molecule has 2 rings (SSSR count). The number of anilines is 1. The van der Waals surface area contributed by atoms with Gasteiger partial charge in [-0.05, 0) is 6.92 Å². The monoisotopic (exact) mass is 218 g/mol. The lowest BCUT2D eigenvalue weighted by Crippen LogP contribution is -2.01. The highest BCUT2D eigenvalue weighted by atomic mass is 32.1. The fourth-order valence-corrected chi connectivity index (χ4v) is 1.79. The summed E-state index contributed by atoms with van der Waals surface area (Å²) in [5.74, 6) is -0.0806. The van der Waals surface area contributed by atoms with Crippen LogP contribution in [0.2, 0.25) is 0 Å². The number of hydrogen-bond donors (Lipinski definition) is 1. The zero-order valence-electron chi connectivity index (χ0n) is 8.23. The molecule has 0 atom stereocenters. The molecule has 1 aromatic heterocycles. The zero-order valence-corrected chi connectivity index (χ0v) is 9.04. The first-order chi connectivity index (χ1) is 7.16. The predicted molar refractivity (Wildman–Crippen MR) is 61.1 cm³/mol. The van der Waals surface area contributed by atoms with Crippen LogP contribution in [-0.2, 0) is 0 Å². The zero-order chi connectivity index (χ0) is 10.8. The van der Waals surface area contributed by atoms with Crippen molar-refractivity contribution >= 4 is 22.3 Å². The molecule has 0 aliphatic heterocycles. The van der Waals surface area contributed by atoms with Crippen LogP contribution in [0, 0.1) is 6.92 Å². The molecule has 1 heterocycles. The minimum Gasteiger partial charge on any atom is -0.375 e. The molecule has 0 fully saturated rings. The van der Waals surface area contributed by atoms with Gasteiger partial charge in [0, 0.05) is 10.9 Å². The van der Waals surface area contributed by atoms with Gasteiger partial charge in [0.2, 0.25) is 5.78 Å². The predicted octanol–water partition coefficient (Wildman–Crippen LogP) is 2.26. The second-order valence-corrected chi connectivity index (χ2v) is 4.16. The Morgan fingerprint density at radius 1 is 1.33 bits per heavy atom. The molecular weight excluding hydrogens is 208 g/mol. The molecule has 1 aromatic carbocycles. The Labute approximate surface area is 91.6 Å². The van der Waals surface area contributed by atoms with E-state index in [4.69, 9.17) is 5.73 Å². The minimum absolute atomic E-state index is 0.0806. The van der Waals surface area contributed by atoms with Crippen molar-refractivity contribution in [2.75, 3.05) is 5.73 Å². The van der Waals surface area contributed by atoms with Crippen molar-refractivity contribution in [1.29, 1.82) is 0 Å². The van der Waals surface area contributed by atoms with E-state index in [0.29, 0.717) is 16.4 Å². The number of hydrogen-bond acceptors (Lipinski definition) is 4. The Hall–Kier alpha value is -1.68. The smallest absolute Gasteiger partial charge is 0.212 e. The lowest BCUT2D eigenvalue weighted by atomic mass is 10.1. The number of benzene rings is 1. The SMILES string of the molecule is Cc1ccc(C(=O)c2csc(N)n2)cc1. The maximum Gasteiger partial charge on any atom is 0.212 e. The number of carbonyl (C=O) groups excluding carboxylic acids is 1. The molecule has 4 heteroatoms. The lowest BCUT2D eigenvalue weighted by molar-refractivity contribution is 0.103. The van der Waals surface area contributed by atoms with Crippen LogP contribution in [0.1, 0.15) is 21.6 Å². The summed E-state index contributed by atoms with van der Waals surface area (Å²) in [6, 6.07) is 7.41. The van der Waals surface area contributed by atoms with Crippen LogP contribution in [0.3, 0.4) is 0 Å². The normalized spacial score (nSPS) is 10.2. The number of nitrogen functional groups attached to an aromatic ring is 1. The van der Waals surface area contributed by atoms with Crippen molar-refractivity contribution in [3.8, 4) is 0 Å². The molecule has 0 amide bonds. The highest BCUT2D eigenvalue weighted by Gasteiger charge is 2.11. The van der Waals surface area contributed by atoms with E-state index in [0.717, 1.165) is 5.56 Å². The van der Waals surface area contributed by atoms with E-state index < -0.39 is 0 Å². The van der Waals surface area contributed by atoms with Crippen LogP contribution in [0.5, 0.6) is 0 Å². The molecule has 0 saturated carbocycles. The van der Waals surface area contributed by atoms with Gasteiger partial charge in [0.25, 0.3) is 0 Å². The Morgan fingerprint density at radius 2 is 2.00 bits per heavy atom. The summed E-state index contributed by atoms with van der Waals surface area (Å²) in [5.41, 5.74) is 7.67. The molecule has 0 unspecified atom stereocenters. The van der Waals surface area contributed by atoms with Gasteiger partial charge in [-0.1, -0.05) is 29.8 Å². The molecule has 0 aliphatic rings. The average molecular weight is 218 g/mol. The molecule has 15 heavy (non-hydrogen) atoms. The second-order valence-electron chi connectivity index (χ2n) is 3.27. The summed E-state index contributed by atoms with van der Waals surface area (Å²) in [5, 5.41) is 2.10. The van der Waals surface area contributed by atoms with E-state index in [2.05, 4.69) is 4.98 Å². The Kier molecular flexibility index (Phi) is 2.51. The maximum absolute atomic E-state index is 11.9. The van der Waals surface area contributed by atoms with Crippen molar-refractivity contribution in [3.05, 3.63) is 46.5 Å². The van der Waals surface area contributed by atoms with Crippen molar-refractivity contribution in [3.63, 3.8) is 0 Å². The van der Waals surface area contributed by atoms with Crippen molar-refractivity contribution in [2.24, 2.45) is 0 Å². The number of nitrogens with zero attached hydrogens (tertiary/aromatic N) is 1. The molecule has 2 N–H and O–H groups in total. The summed E-state index contributed by atoms with van der Waals surface area (Å²) in [6.45, 7) is 1.98. The molecule has 0 saturated heterocycles. The van der Waals surface area contributed by atoms with Crippen LogP contribution in [0.4, 0.5) is 5.13 Å². The summed E-state index contributed by atoms with van der Waals surface area (Å²) < 4.78 is 0. The highest BCUT2D eigenvalue weighted by molar-refractivity contribution is 7.13. The second kappa shape index (κ2) is 3.82. The fourth-order valence-electron chi connectivity index (χ4n) is 1.24. The number of nitrogens with two attached hydrogens (primary N) is 1. The van der Waals surface area contributed by atoms with E-state index in [1.54, 1.807) is 17.5 Å². The van der Waals surface area contributed by atoms with Gasteiger partial charge < -0.3 is 5.73 Å². The number of thiazole rings is 1. The van der Waals surface area contributed by atoms with E-state index in [9.17, 15) is 4.79 Å². The van der Waals surface area contributed by atoms with Gasteiger partial charge in [-0.25, -0.2) is 4.98 Å². The van der Waals surface area contributed by atoms with Gasteiger partial charge in [-0.15, -0.1) is 11.3 Å². The molecular formula is C11H10N2OS. The molecule has 0 radical (unpaired) electrons. The number of ketones is 1. The topological polar surface area (TPSA) is 56.0 Å². The largest absolute Gasteiger partial charge is 0.375 e. The third-order valence-electron chi connectivity index (χ3n) is 2.07. The van der Waals surface area contributed by atoms with Crippen LogP contribution in [-0.4, -0.2) is 10.8 Å². The first-order valence-electron chi connectivity index (χ1n) is 4.49. The Balaban J connectivity index is 2.32. The van der Waals surface area contributed by atoms with Crippen molar-refractivity contribution < 1.29 is 4.79 Å². The third kappa shape index (κ3) is 2.05. The first kappa shape index (κ1) is 9.86. The van der Waals surface area contributed by atoms with E-state index in [1.165, 1.54) is 11.3 Å². The van der Waals surface area contributed by atoms with Crippen LogP contribution < -0.4 is 5.73 Å². The average Bonchev–Trinajstić information content (AvgIpc) is 2.65.